The number of nitrogens with one attached hydrogen (secondary N) is 1. The molecule has 0 radical (unpaired) electrons. The molecule has 1 atom stereocenters. The van der Waals surface area contributed by atoms with E-state index in [9.17, 15) is 9.59 Å². The molecular weight excluding hydrogens is 314 g/mol. The van der Waals surface area contributed by atoms with E-state index in [0.717, 1.165) is 10.6 Å². The monoisotopic (exact) mass is 333 g/mol. The van der Waals surface area contributed by atoms with Gasteiger partial charge in [0.25, 0.3) is 5.91 Å². The van der Waals surface area contributed by atoms with Crippen molar-refractivity contribution in [2.75, 3.05) is 6.61 Å². The van der Waals surface area contributed by atoms with Crippen molar-refractivity contribution >= 4 is 23.3 Å². The van der Waals surface area contributed by atoms with Crippen LogP contribution < -0.4 is 11.1 Å². The van der Waals surface area contributed by atoms with Gasteiger partial charge < -0.3 is 15.8 Å². The molecule has 0 aliphatic heterocycles. The average Bonchev–Trinajstić information content (AvgIpc) is 2.84. The molecule has 0 bridgehead atoms. The van der Waals surface area contributed by atoms with E-state index in [1.54, 1.807) is 6.92 Å². The van der Waals surface area contributed by atoms with Crippen molar-refractivity contribution in [1.29, 1.82) is 0 Å². The first-order valence-electron chi connectivity index (χ1n) is 7.16. The number of thiazole rings is 1. The Hall–Kier alpha value is -2.41. The summed E-state index contributed by atoms with van der Waals surface area (Å²) >= 11 is 1.34. The summed E-state index contributed by atoms with van der Waals surface area (Å²) in [5, 5.41) is 3.72. The van der Waals surface area contributed by atoms with E-state index in [4.69, 9.17) is 10.5 Å². The van der Waals surface area contributed by atoms with E-state index >= 15 is 0 Å². The number of nitrogens with zero attached hydrogens (tertiary/aromatic N) is 1. The molecular formula is C16H19N3O3S. The van der Waals surface area contributed by atoms with E-state index in [2.05, 4.69) is 10.3 Å². The normalized spacial score (nSPS) is 11.7. The van der Waals surface area contributed by atoms with Crippen molar-refractivity contribution in [3.8, 4) is 0 Å². The highest BCUT2D eigenvalue weighted by atomic mass is 32.1. The molecule has 6 nitrogen and oxygen atoms in total. The number of aryl methyl sites for hydroxylation is 2. The SMILES string of the molecule is Cc1nc(C)c(C(=O)N[C@@H](COC(N)=O)Cc2ccccc2)s1. The van der Waals surface area contributed by atoms with Gasteiger partial charge in [-0.15, -0.1) is 11.3 Å². The highest BCUT2D eigenvalue weighted by Crippen LogP contribution is 2.17. The van der Waals surface area contributed by atoms with Gasteiger partial charge in [-0.3, -0.25) is 4.79 Å². The van der Waals surface area contributed by atoms with E-state index < -0.39 is 6.09 Å². The van der Waals surface area contributed by atoms with Crippen LogP contribution in [0.15, 0.2) is 30.3 Å². The summed E-state index contributed by atoms with van der Waals surface area (Å²) in [5.74, 6) is -0.220. The fourth-order valence-electron chi connectivity index (χ4n) is 2.23. The summed E-state index contributed by atoms with van der Waals surface area (Å²) in [4.78, 5) is 28.1. The van der Waals surface area contributed by atoms with Crippen LogP contribution in [-0.4, -0.2) is 29.6 Å². The zero-order valence-electron chi connectivity index (χ0n) is 13.0. The minimum absolute atomic E-state index is 0.0206. The molecule has 0 aliphatic rings. The third kappa shape index (κ3) is 5.07. The lowest BCUT2D eigenvalue weighted by Crippen LogP contribution is -2.40. The minimum atomic E-state index is -0.859. The second kappa shape index (κ2) is 7.73. The fraction of sp³-hybridized carbons (Fsp3) is 0.312. The number of benzene rings is 1. The average molecular weight is 333 g/mol. The maximum atomic E-state index is 12.4. The summed E-state index contributed by atoms with van der Waals surface area (Å²) in [6.07, 6.45) is -0.321. The first kappa shape index (κ1) is 17.0. The number of aromatic nitrogens is 1. The molecule has 0 spiro atoms. The Balaban J connectivity index is 2.08. The third-order valence-corrected chi connectivity index (χ3v) is 4.27. The fourth-order valence-corrected chi connectivity index (χ4v) is 3.05. The Morgan fingerprint density at radius 1 is 1.30 bits per heavy atom. The molecule has 7 heteroatoms. The van der Waals surface area contributed by atoms with Gasteiger partial charge in [0.1, 0.15) is 11.5 Å². The molecule has 0 unspecified atom stereocenters. The molecule has 0 saturated carbocycles. The number of ether oxygens (including phenoxy) is 1. The van der Waals surface area contributed by atoms with Crippen molar-refractivity contribution < 1.29 is 14.3 Å². The maximum absolute atomic E-state index is 12.4. The van der Waals surface area contributed by atoms with Gasteiger partial charge in [0.15, 0.2) is 0 Å². The van der Waals surface area contributed by atoms with Gasteiger partial charge in [-0.1, -0.05) is 30.3 Å². The molecule has 3 N–H and O–H groups in total. The van der Waals surface area contributed by atoms with Gasteiger partial charge in [0, 0.05) is 0 Å². The topological polar surface area (TPSA) is 94.3 Å². The van der Waals surface area contributed by atoms with Crippen molar-refractivity contribution in [3.63, 3.8) is 0 Å². The van der Waals surface area contributed by atoms with Crippen LogP contribution in [0.5, 0.6) is 0 Å². The predicted molar refractivity (Wildman–Crippen MR) is 88.5 cm³/mol. The van der Waals surface area contributed by atoms with Gasteiger partial charge in [-0.05, 0) is 25.8 Å². The number of hydrogen-bond donors (Lipinski definition) is 2. The van der Waals surface area contributed by atoms with Crippen LogP contribution in [0.1, 0.15) is 25.9 Å². The molecule has 1 heterocycles. The lowest BCUT2D eigenvalue weighted by atomic mass is 10.1. The number of carbonyl (C=O) groups is 2. The standard InChI is InChI=1S/C16H19N3O3S/c1-10-14(23-11(2)18-10)15(20)19-13(9-22-16(17)21)8-12-6-4-3-5-7-12/h3-7,13H,8-9H2,1-2H3,(H2,17,21)(H,19,20)/t13-/m1/s1. The summed E-state index contributed by atoms with van der Waals surface area (Å²) in [6, 6.07) is 9.29. The van der Waals surface area contributed by atoms with Crippen molar-refractivity contribution in [2.24, 2.45) is 5.73 Å². The molecule has 23 heavy (non-hydrogen) atoms. The molecule has 0 aliphatic carbocycles. The Morgan fingerprint density at radius 3 is 2.57 bits per heavy atom. The minimum Gasteiger partial charge on any atom is -0.448 e. The predicted octanol–water partition coefficient (Wildman–Crippen LogP) is 2.20. The molecule has 0 saturated heterocycles. The lowest BCUT2D eigenvalue weighted by molar-refractivity contribution is 0.0902. The second-order valence-corrected chi connectivity index (χ2v) is 6.34. The van der Waals surface area contributed by atoms with Crippen molar-refractivity contribution in [1.82, 2.24) is 10.3 Å². The highest BCUT2D eigenvalue weighted by molar-refractivity contribution is 7.13. The zero-order valence-corrected chi connectivity index (χ0v) is 13.9. The number of primary amides is 1. The zero-order chi connectivity index (χ0) is 16.8. The van der Waals surface area contributed by atoms with Crippen LogP contribution in [0.25, 0.3) is 0 Å². The van der Waals surface area contributed by atoms with Crippen LogP contribution in [0.2, 0.25) is 0 Å². The molecule has 122 valence electrons. The van der Waals surface area contributed by atoms with Crippen LogP contribution in [0.3, 0.4) is 0 Å². The number of amides is 2. The summed E-state index contributed by atoms with van der Waals surface area (Å²) < 4.78 is 4.86. The van der Waals surface area contributed by atoms with E-state index in [1.165, 1.54) is 11.3 Å². The maximum Gasteiger partial charge on any atom is 0.404 e. The van der Waals surface area contributed by atoms with Crippen LogP contribution in [0.4, 0.5) is 4.79 Å². The van der Waals surface area contributed by atoms with Gasteiger partial charge in [0.2, 0.25) is 0 Å². The molecule has 2 rings (SSSR count). The van der Waals surface area contributed by atoms with E-state index in [1.807, 2.05) is 37.3 Å². The molecule has 1 aromatic carbocycles. The van der Waals surface area contributed by atoms with Crippen LogP contribution >= 0.6 is 11.3 Å². The Labute approximate surface area is 138 Å². The van der Waals surface area contributed by atoms with Crippen LogP contribution in [0, 0.1) is 13.8 Å². The lowest BCUT2D eigenvalue weighted by Gasteiger charge is -2.18. The number of rotatable bonds is 6. The van der Waals surface area contributed by atoms with Gasteiger partial charge in [0.05, 0.1) is 16.7 Å². The highest BCUT2D eigenvalue weighted by Gasteiger charge is 2.19. The van der Waals surface area contributed by atoms with Crippen LogP contribution in [-0.2, 0) is 11.2 Å². The number of hydrogen-bond acceptors (Lipinski definition) is 5. The summed E-state index contributed by atoms with van der Waals surface area (Å²) in [7, 11) is 0. The van der Waals surface area contributed by atoms with Crippen molar-refractivity contribution in [2.45, 2.75) is 26.3 Å². The molecule has 2 aromatic rings. The quantitative estimate of drug-likeness (QED) is 0.847. The largest absolute Gasteiger partial charge is 0.448 e. The molecule has 2 amide bonds. The first-order chi connectivity index (χ1) is 11.0. The first-order valence-corrected chi connectivity index (χ1v) is 7.98. The van der Waals surface area contributed by atoms with E-state index in [-0.39, 0.29) is 18.6 Å². The molecule has 1 aromatic heterocycles. The van der Waals surface area contributed by atoms with Gasteiger partial charge >= 0.3 is 6.09 Å². The van der Waals surface area contributed by atoms with Gasteiger partial charge in [-0.25, -0.2) is 9.78 Å². The summed E-state index contributed by atoms with van der Waals surface area (Å²) in [6.45, 7) is 3.67. The molecule has 0 fully saturated rings. The number of carbonyl (C=O) groups excluding carboxylic acids is 2. The van der Waals surface area contributed by atoms with Crippen molar-refractivity contribution in [3.05, 3.63) is 51.5 Å². The Bertz CT molecular complexity index is 685. The summed E-state index contributed by atoms with van der Waals surface area (Å²) in [5.41, 5.74) is 6.75. The second-order valence-electron chi connectivity index (χ2n) is 5.14. The van der Waals surface area contributed by atoms with E-state index in [0.29, 0.717) is 17.0 Å². The van der Waals surface area contributed by atoms with Gasteiger partial charge in [-0.2, -0.15) is 0 Å². The Kier molecular flexibility index (Phi) is 5.70. The Morgan fingerprint density at radius 2 is 2.00 bits per heavy atom. The smallest absolute Gasteiger partial charge is 0.404 e. The third-order valence-electron chi connectivity index (χ3n) is 3.20. The number of nitrogens with two attached hydrogens (primary N) is 1.